The normalized spacial score (nSPS) is 10.2. The van der Waals surface area contributed by atoms with Crippen LogP contribution in [0.25, 0.3) is 0 Å². The van der Waals surface area contributed by atoms with E-state index in [0.717, 1.165) is 5.82 Å². The zero-order valence-electron chi connectivity index (χ0n) is 8.37. The van der Waals surface area contributed by atoms with Gasteiger partial charge in [0.05, 0.1) is 6.61 Å². The molecule has 1 heterocycles. The molecule has 1 aromatic rings. The zero-order chi connectivity index (χ0) is 9.68. The molecule has 0 aliphatic heterocycles. The Kier molecular flexibility index (Phi) is 3.55. The molecule has 0 radical (unpaired) electrons. The predicted octanol–water partition coefficient (Wildman–Crippen LogP) is 2.30. The SMILES string of the molecule is CCOc1cccc(NC(C)C)n1. The third-order valence-electron chi connectivity index (χ3n) is 1.45. The highest BCUT2D eigenvalue weighted by Crippen LogP contribution is 2.11. The Balaban J connectivity index is 2.67. The molecule has 0 fully saturated rings. The van der Waals surface area contributed by atoms with Gasteiger partial charge in [-0.15, -0.1) is 0 Å². The van der Waals surface area contributed by atoms with E-state index in [1.165, 1.54) is 0 Å². The Morgan fingerprint density at radius 2 is 2.23 bits per heavy atom. The molecule has 0 saturated carbocycles. The topological polar surface area (TPSA) is 34.1 Å². The first kappa shape index (κ1) is 9.84. The summed E-state index contributed by atoms with van der Waals surface area (Å²) in [6, 6.07) is 6.12. The van der Waals surface area contributed by atoms with Crippen LogP contribution in [0.3, 0.4) is 0 Å². The fourth-order valence-electron chi connectivity index (χ4n) is 1.02. The first-order valence-corrected chi connectivity index (χ1v) is 4.58. The van der Waals surface area contributed by atoms with E-state index in [1.54, 1.807) is 0 Å². The average molecular weight is 180 g/mol. The third-order valence-corrected chi connectivity index (χ3v) is 1.45. The van der Waals surface area contributed by atoms with Crippen LogP contribution in [0, 0.1) is 0 Å². The Hall–Kier alpha value is -1.25. The van der Waals surface area contributed by atoms with E-state index in [9.17, 15) is 0 Å². The highest BCUT2D eigenvalue weighted by molar-refractivity contribution is 5.37. The predicted molar refractivity (Wildman–Crippen MR) is 54.2 cm³/mol. The molecule has 1 rings (SSSR count). The molecule has 0 aliphatic rings. The van der Waals surface area contributed by atoms with Gasteiger partial charge in [0.15, 0.2) is 0 Å². The standard InChI is InChI=1S/C10H16N2O/c1-4-13-10-7-5-6-9(12-10)11-8(2)3/h5-8H,4H2,1-3H3,(H,11,12). The van der Waals surface area contributed by atoms with Gasteiger partial charge in [-0.25, -0.2) is 0 Å². The van der Waals surface area contributed by atoms with Gasteiger partial charge in [-0.2, -0.15) is 4.98 Å². The summed E-state index contributed by atoms with van der Waals surface area (Å²) in [6.07, 6.45) is 0. The van der Waals surface area contributed by atoms with Gasteiger partial charge >= 0.3 is 0 Å². The van der Waals surface area contributed by atoms with Gasteiger partial charge in [0.25, 0.3) is 0 Å². The molecule has 0 unspecified atom stereocenters. The monoisotopic (exact) mass is 180 g/mol. The van der Waals surface area contributed by atoms with E-state index < -0.39 is 0 Å². The molecule has 0 atom stereocenters. The molecule has 13 heavy (non-hydrogen) atoms. The number of aromatic nitrogens is 1. The summed E-state index contributed by atoms with van der Waals surface area (Å²) in [5.41, 5.74) is 0. The van der Waals surface area contributed by atoms with Crippen LogP contribution in [-0.4, -0.2) is 17.6 Å². The lowest BCUT2D eigenvalue weighted by Gasteiger charge is -2.09. The van der Waals surface area contributed by atoms with E-state index >= 15 is 0 Å². The van der Waals surface area contributed by atoms with Crippen molar-refractivity contribution in [3.05, 3.63) is 18.2 Å². The number of rotatable bonds is 4. The van der Waals surface area contributed by atoms with E-state index in [-0.39, 0.29) is 0 Å². The van der Waals surface area contributed by atoms with E-state index in [4.69, 9.17) is 4.74 Å². The fourth-order valence-corrected chi connectivity index (χ4v) is 1.02. The molecule has 0 bridgehead atoms. The lowest BCUT2D eigenvalue weighted by molar-refractivity contribution is 0.327. The van der Waals surface area contributed by atoms with Crippen LogP contribution in [0.4, 0.5) is 5.82 Å². The Labute approximate surface area is 79.1 Å². The average Bonchev–Trinajstić information content (AvgIpc) is 2.04. The van der Waals surface area contributed by atoms with Crippen molar-refractivity contribution >= 4 is 5.82 Å². The Bertz CT molecular complexity index is 261. The van der Waals surface area contributed by atoms with E-state index in [2.05, 4.69) is 24.1 Å². The first-order chi connectivity index (χ1) is 6.22. The molecule has 1 aromatic heterocycles. The molecule has 1 N–H and O–H groups in total. The summed E-state index contributed by atoms with van der Waals surface area (Å²) >= 11 is 0. The van der Waals surface area contributed by atoms with Crippen molar-refractivity contribution in [1.82, 2.24) is 4.98 Å². The lowest BCUT2D eigenvalue weighted by Crippen LogP contribution is -2.11. The van der Waals surface area contributed by atoms with Crippen LogP contribution in [0.15, 0.2) is 18.2 Å². The molecule has 3 heteroatoms. The number of nitrogens with zero attached hydrogens (tertiary/aromatic N) is 1. The molecule has 0 amide bonds. The third kappa shape index (κ3) is 3.32. The zero-order valence-corrected chi connectivity index (χ0v) is 8.37. The van der Waals surface area contributed by atoms with Gasteiger partial charge in [0, 0.05) is 12.1 Å². The molecular formula is C10H16N2O. The smallest absolute Gasteiger partial charge is 0.215 e. The van der Waals surface area contributed by atoms with Gasteiger partial charge in [0.2, 0.25) is 5.88 Å². The minimum absolute atomic E-state index is 0.393. The van der Waals surface area contributed by atoms with Crippen molar-refractivity contribution < 1.29 is 4.74 Å². The summed E-state index contributed by atoms with van der Waals surface area (Å²) in [7, 11) is 0. The number of pyridine rings is 1. The lowest BCUT2D eigenvalue weighted by atomic mass is 10.4. The molecular weight excluding hydrogens is 164 g/mol. The minimum Gasteiger partial charge on any atom is -0.478 e. The van der Waals surface area contributed by atoms with Crippen molar-refractivity contribution in [1.29, 1.82) is 0 Å². The maximum Gasteiger partial charge on any atom is 0.215 e. The molecule has 3 nitrogen and oxygen atoms in total. The first-order valence-electron chi connectivity index (χ1n) is 4.58. The summed E-state index contributed by atoms with van der Waals surface area (Å²) in [4.78, 5) is 4.27. The van der Waals surface area contributed by atoms with Crippen molar-refractivity contribution in [3.63, 3.8) is 0 Å². The van der Waals surface area contributed by atoms with Gasteiger partial charge < -0.3 is 10.1 Å². The number of nitrogens with one attached hydrogen (secondary N) is 1. The number of hydrogen-bond donors (Lipinski definition) is 1. The van der Waals surface area contributed by atoms with Crippen LogP contribution in [0.5, 0.6) is 5.88 Å². The Morgan fingerprint density at radius 3 is 2.85 bits per heavy atom. The van der Waals surface area contributed by atoms with Gasteiger partial charge in [-0.1, -0.05) is 6.07 Å². The largest absolute Gasteiger partial charge is 0.478 e. The van der Waals surface area contributed by atoms with Gasteiger partial charge in [-0.3, -0.25) is 0 Å². The van der Waals surface area contributed by atoms with Crippen molar-refractivity contribution in [2.45, 2.75) is 26.8 Å². The maximum absolute atomic E-state index is 5.28. The quantitative estimate of drug-likeness (QED) is 0.772. The van der Waals surface area contributed by atoms with Crippen LogP contribution < -0.4 is 10.1 Å². The molecule has 0 aliphatic carbocycles. The van der Waals surface area contributed by atoms with Crippen LogP contribution in [0.2, 0.25) is 0 Å². The van der Waals surface area contributed by atoms with E-state index in [1.807, 2.05) is 25.1 Å². The maximum atomic E-state index is 5.28. The Morgan fingerprint density at radius 1 is 1.46 bits per heavy atom. The van der Waals surface area contributed by atoms with E-state index in [0.29, 0.717) is 18.5 Å². The highest BCUT2D eigenvalue weighted by Gasteiger charge is 1.98. The summed E-state index contributed by atoms with van der Waals surface area (Å²) in [5, 5.41) is 3.21. The summed E-state index contributed by atoms with van der Waals surface area (Å²) in [6.45, 7) is 6.76. The highest BCUT2D eigenvalue weighted by atomic mass is 16.5. The second kappa shape index (κ2) is 4.70. The van der Waals surface area contributed by atoms with Crippen molar-refractivity contribution in [3.8, 4) is 5.88 Å². The molecule has 0 saturated heterocycles. The summed E-state index contributed by atoms with van der Waals surface area (Å²) < 4.78 is 5.28. The van der Waals surface area contributed by atoms with Crippen molar-refractivity contribution in [2.75, 3.05) is 11.9 Å². The fraction of sp³-hybridized carbons (Fsp3) is 0.500. The van der Waals surface area contributed by atoms with Gasteiger partial charge in [0.1, 0.15) is 5.82 Å². The van der Waals surface area contributed by atoms with Crippen molar-refractivity contribution in [2.24, 2.45) is 0 Å². The molecule has 0 spiro atoms. The summed E-state index contributed by atoms with van der Waals surface area (Å²) in [5.74, 6) is 1.54. The second-order valence-electron chi connectivity index (χ2n) is 3.09. The van der Waals surface area contributed by atoms with Crippen LogP contribution in [-0.2, 0) is 0 Å². The number of ether oxygens (including phenoxy) is 1. The second-order valence-corrected chi connectivity index (χ2v) is 3.09. The minimum atomic E-state index is 0.393. The van der Waals surface area contributed by atoms with Crippen LogP contribution in [0.1, 0.15) is 20.8 Å². The molecule has 72 valence electrons. The number of anilines is 1. The van der Waals surface area contributed by atoms with Gasteiger partial charge in [-0.05, 0) is 26.8 Å². The molecule has 0 aromatic carbocycles. The number of hydrogen-bond acceptors (Lipinski definition) is 3. The van der Waals surface area contributed by atoms with Crippen LogP contribution >= 0.6 is 0 Å².